The van der Waals surface area contributed by atoms with Gasteiger partial charge in [0, 0.05) is 92.4 Å². The number of fused-ring (bicyclic) bond motifs is 6. The summed E-state index contributed by atoms with van der Waals surface area (Å²) in [4.78, 5) is 38.0. The van der Waals surface area contributed by atoms with Crippen LogP contribution in [-0.2, 0) is 54.0 Å². The topological polar surface area (TPSA) is 115 Å². The number of likely N-dealkylation sites (N-methyl/N-ethyl adjacent to an activating group) is 1. The van der Waals surface area contributed by atoms with Crippen LogP contribution in [0.25, 0.3) is 21.8 Å². The normalized spacial score (nSPS) is 20.4. The number of aromatic carboxylic acids is 1. The molecule has 2 unspecified atom stereocenters. The van der Waals surface area contributed by atoms with Crippen molar-refractivity contribution in [1.29, 1.82) is 0 Å². The lowest BCUT2D eigenvalue weighted by Gasteiger charge is -2.33. The van der Waals surface area contributed by atoms with E-state index in [1.165, 1.54) is 53.1 Å². The van der Waals surface area contributed by atoms with Crippen molar-refractivity contribution >= 4 is 39.6 Å². The van der Waals surface area contributed by atoms with E-state index in [9.17, 15) is 23.9 Å². The molecule has 2 aliphatic carbocycles. The van der Waals surface area contributed by atoms with E-state index in [0.717, 1.165) is 98.6 Å². The molecule has 8 rings (SSSR count). The maximum atomic E-state index is 13.2. The molecule has 11 heteroatoms. The number of carboxylic acids is 1. The summed E-state index contributed by atoms with van der Waals surface area (Å²) in [6.07, 6.45) is 11.4. The Morgan fingerprint density at radius 1 is 0.764 bits per heavy atom. The Morgan fingerprint density at radius 2 is 1.25 bits per heavy atom. The first-order valence-corrected chi connectivity index (χ1v) is 20.4. The van der Waals surface area contributed by atoms with Crippen LogP contribution in [0, 0.1) is 23.7 Å². The average Bonchev–Trinajstić information content (AvgIpc) is 3.67. The summed E-state index contributed by atoms with van der Waals surface area (Å²) < 4.78 is 27.9. The highest BCUT2D eigenvalue weighted by Crippen LogP contribution is 2.41. The van der Waals surface area contributed by atoms with Gasteiger partial charge in [-0.25, -0.2) is 9.18 Å². The van der Waals surface area contributed by atoms with Crippen LogP contribution in [0.5, 0.6) is 0 Å². The van der Waals surface area contributed by atoms with Crippen molar-refractivity contribution in [3.05, 3.63) is 70.0 Å². The molecular formula is C44H57FN4O6. The number of carbonyl (C=O) groups is 3. The summed E-state index contributed by atoms with van der Waals surface area (Å²) in [7, 11) is 4.22. The number of benzene rings is 2. The van der Waals surface area contributed by atoms with Gasteiger partial charge in [0.15, 0.2) is 0 Å². The lowest BCUT2D eigenvalue weighted by atomic mass is 9.75. The highest BCUT2D eigenvalue weighted by molar-refractivity contribution is 6.01. The van der Waals surface area contributed by atoms with Gasteiger partial charge < -0.3 is 33.9 Å². The Bertz CT molecular complexity index is 2020. The first-order chi connectivity index (χ1) is 26.7. The second-order valence-electron chi connectivity index (χ2n) is 16.0. The van der Waals surface area contributed by atoms with Gasteiger partial charge in [-0.05, 0) is 142 Å². The third kappa shape index (κ3) is 8.19. The van der Waals surface area contributed by atoms with Gasteiger partial charge in [-0.2, -0.15) is 0 Å². The summed E-state index contributed by atoms with van der Waals surface area (Å²) in [5.74, 6) is 1.51. The highest BCUT2D eigenvalue weighted by atomic mass is 19.1. The van der Waals surface area contributed by atoms with Crippen molar-refractivity contribution in [3.8, 4) is 0 Å². The van der Waals surface area contributed by atoms with Gasteiger partial charge in [0.25, 0.3) is 5.91 Å². The molecule has 2 fully saturated rings. The molecule has 0 saturated carbocycles. The van der Waals surface area contributed by atoms with Crippen LogP contribution in [0.3, 0.4) is 0 Å². The SMILES string of the molecule is CCN(CC(=O)NCCF)C(=O)c1ccc2c(c1)c1c(n2C)CCC(C2CCOCC2)C1.Cn1c2c(c3cc(C(=O)O)ccc31)CC(C1CCOCC1)CC2. The third-order valence-corrected chi connectivity index (χ3v) is 13.1. The van der Waals surface area contributed by atoms with Crippen LogP contribution in [-0.4, -0.2) is 89.7 Å². The van der Waals surface area contributed by atoms with E-state index in [-0.39, 0.29) is 24.9 Å². The lowest BCUT2D eigenvalue weighted by molar-refractivity contribution is -0.121. The predicted octanol–water partition coefficient (Wildman–Crippen LogP) is 6.67. The van der Waals surface area contributed by atoms with Gasteiger partial charge in [0.05, 0.1) is 12.1 Å². The Hall–Kier alpha value is -4.22. The van der Waals surface area contributed by atoms with Crippen molar-refractivity contribution in [2.45, 2.75) is 71.1 Å². The molecule has 2 saturated heterocycles. The summed E-state index contributed by atoms with van der Waals surface area (Å²) in [6, 6.07) is 11.4. The fraction of sp³-hybridized carbons (Fsp3) is 0.568. The van der Waals surface area contributed by atoms with Gasteiger partial charge in [0.2, 0.25) is 5.91 Å². The minimum Gasteiger partial charge on any atom is -0.478 e. The Morgan fingerprint density at radius 3 is 1.73 bits per heavy atom. The number of alkyl halides is 1. The summed E-state index contributed by atoms with van der Waals surface area (Å²) in [5, 5.41) is 14.1. The summed E-state index contributed by atoms with van der Waals surface area (Å²) in [6.45, 7) is 5.09. The average molecular weight is 757 g/mol. The number of nitrogens with one attached hydrogen (secondary N) is 1. The number of hydrogen-bond donors (Lipinski definition) is 2. The molecule has 2 N–H and O–H groups in total. The van der Waals surface area contributed by atoms with Gasteiger partial charge in [-0.15, -0.1) is 0 Å². The number of rotatable bonds is 9. The number of halogens is 1. The number of carboxylic acid groups (broad SMARTS) is 1. The molecule has 2 amide bonds. The minimum atomic E-state index is -0.846. The number of nitrogens with zero attached hydrogens (tertiary/aromatic N) is 3. The van der Waals surface area contributed by atoms with Gasteiger partial charge in [0.1, 0.15) is 6.67 Å². The minimum absolute atomic E-state index is 0.0268. The summed E-state index contributed by atoms with van der Waals surface area (Å²) >= 11 is 0. The van der Waals surface area contributed by atoms with Crippen molar-refractivity contribution in [3.63, 3.8) is 0 Å². The lowest BCUT2D eigenvalue weighted by Crippen LogP contribution is -2.41. The van der Waals surface area contributed by atoms with Crippen molar-refractivity contribution in [2.75, 3.05) is 52.7 Å². The Labute approximate surface area is 323 Å². The zero-order valence-corrected chi connectivity index (χ0v) is 32.7. The monoisotopic (exact) mass is 756 g/mol. The van der Waals surface area contributed by atoms with E-state index >= 15 is 0 Å². The highest BCUT2D eigenvalue weighted by Gasteiger charge is 2.32. The molecule has 55 heavy (non-hydrogen) atoms. The van der Waals surface area contributed by atoms with Crippen LogP contribution < -0.4 is 5.32 Å². The van der Waals surface area contributed by atoms with E-state index < -0.39 is 12.6 Å². The molecule has 2 aliphatic heterocycles. The van der Waals surface area contributed by atoms with E-state index in [1.807, 2.05) is 37.3 Å². The van der Waals surface area contributed by atoms with E-state index in [4.69, 9.17) is 9.47 Å². The molecular weight excluding hydrogens is 700 g/mol. The number of hydrogen-bond acceptors (Lipinski definition) is 5. The van der Waals surface area contributed by atoms with Crippen LogP contribution in [0.2, 0.25) is 0 Å². The molecule has 0 bridgehead atoms. The van der Waals surface area contributed by atoms with E-state index in [1.54, 1.807) is 6.07 Å². The number of aryl methyl sites for hydroxylation is 2. The molecule has 4 aromatic rings. The Balaban J connectivity index is 0.000000178. The quantitative estimate of drug-likeness (QED) is 0.197. The molecule has 4 aliphatic rings. The number of ether oxygens (including phenoxy) is 2. The number of carbonyl (C=O) groups excluding carboxylic acids is 2. The molecule has 10 nitrogen and oxygen atoms in total. The van der Waals surface area contributed by atoms with Gasteiger partial charge in [-0.1, -0.05) is 0 Å². The molecule has 2 aromatic carbocycles. The Kier molecular flexibility index (Phi) is 12.3. The van der Waals surface area contributed by atoms with Crippen molar-refractivity contribution in [2.24, 2.45) is 37.8 Å². The standard InChI is InChI=1S/C25H34FN3O3.C19H23NO3/c1-3-29(16-24(30)27-11-10-26)25(31)19-5-7-23-21(15-19)20-14-18(4-6-22(20)28(23)2)17-8-12-32-13-9-17;1-20-17-4-2-13(12-6-8-23-9-7-12)10-15(17)16-11-14(19(21)22)3-5-18(16)20/h5,7,15,17-18H,3-4,6,8-14,16H2,1-2H3,(H,27,30);3,5,11-13H,2,4,6-10H2,1H3,(H,21,22). The van der Waals surface area contributed by atoms with Gasteiger partial charge >= 0.3 is 5.97 Å². The van der Waals surface area contributed by atoms with Crippen LogP contribution in [0.15, 0.2) is 36.4 Å². The van der Waals surface area contributed by atoms with Crippen LogP contribution in [0.4, 0.5) is 4.39 Å². The first kappa shape index (κ1) is 39.0. The largest absolute Gasteiger partial charge is 0.478 e. The zero-order chi connectivity index (χ0) is 38.6. The number of amides is 2. The second-order valence-corrected chi connectivity index (χ2v) is 16.0. The van der Waals surface area contributed by atoms with E-state index in [2.05, 4.69) is 28.5 Å². The third-order valence-electron chi connectivity index (χ3n) is 13.1. The maximum absolute atomic E-state index is 13.2. The fourth-order valence-corrected chi connectivity index (χ4v) is 9.98. The molecule has 4 heterocycles. The van der Waals surface area contributed by atoms with Crippen LogP contribution >= 0.6 is 0 Å². The summed E-state index contributed by atoms with van der Waals surface area (Å²) in [5.41, 5.74) is 8.84. The molecule has 2 aromatic heterocycles. The van der Waals surface area contributed by atoms with Crippen LogP contribution in [0.1, 0.15) is 88.7 Å². The molecule has 2 atom stereocenters. The zero-order valence-electron chi connectivity index (χ0n) is 32.7. The molecule has 296 valence electrons. The predicted molar refractivity (Wildman–Crippen MR) is 211 cm³/mol. The second kappa shape index (κ2) is 17.3. The van der Waals surface area contributed by atoms with Crippen molar-refractivity contribution < 1.29 is 33.4 Å². The number of aromatic nitrogens is 2. The van der Waals surface area contributed by atoms with E-state index in [0.29, 0.717) is 29.5 Å². The first-order valence-electron chi connectivity index (χ1n) is 20.4. The molecule has 0 radical (unpaired) electrons. The smallest absolute Gasteiger partial charge is 0.335 e. The van der Waals surface area contributed by atoms with Gasteiger partial charge in [-0.3, -0.25) is 9.59 Å². The molecule has 0 spiro atoms. The fourth-order valence-electron chi connectivity index (χ4n) is 9.98. The maximum Gasteiger partial charge on any atom is 0.335 e. The van der Waals surface area contributed by atoms with Crippen molar-refractivity contribution in [1.82, 2.24) is 19.4 Å².